The Hall–Kier alpha value is -1.29. The van der Waals surface area contributed by atoms with Gasteiger partial charge in [0.15, 0.2) is 0 Å². The molecule has 4 heteroatoms. The molecular weight excluding hydrogens is 166 g/mol. The summed E-state index contributed by atoms with van der Waals surface area (Å²) in [5, 5.41) is 3.18. The average molecular weight is 181 g/mol. The maximum absolute atomic E-state index is 5.50. The van der Waals surface area contributed by atoms with Crippen LogP contribution in [0.5, 0.6) is 0 Å². The molecule has 0 fully saturated rings. The SMILES string of the molecule is COCC(C)Nc1ccc(N)cn1. The van der Waals surface area contributed by atoms with E-state index in [0.29, 0.717) is 12.3 Å². The van der Waals surface area contributed by atoms with Crippen LogP contribution in [-0.2, 0) is 4.74 Å². The number of methoxy groups -OCH3 is 1. The fourth-order valence-corrected chi connectivity index (χ4v) is 1.03. The number of ether oxygens (including phenoxy) is 1. The van der Waals surface area contributed by atoms with E-state index in [1.807, 2.05) is 19.1 Å². The third-order valence-corrected chi connectivity index (χ3v) is 1.60. The van der Waals surface area contributed by atoms with Gasteiger partial charge in [-0.2, -0.15) is 0 Å². The molecule has 0 saturated carbocycles. The summed E-state index contributed by atoms with van der Waals surface area (Å²) in [5.41, 5.74) is 6.17. The number of pyridine rings is 1. The summed E-state index contributed by atoms with van der Waals surface area (Å²) in [6.07, 6.45) is 1.63. The zero-order chi connectivity index (χ0) is 9.68. The van der Waals surface area contributed by atoms with Crippen molar-refractivity contribution < 1.29 is 4.74 Å². The lowest BCUT2D eigenvalue weighted by Crippen LogP contribution is -2.21. The molecule has 1 aromatic heterocycles. The number of aromatic nitrogens is 1. The molecule has 72 valence electrons. The van der Waals surface area contributed by atoms with Crippen molar-refractivity contribution in [1.82, 2.24) is 4.98 Å². The standard InChI is InChI=1S/C9H15N3O/c1-7(6-13-2)12-9-4-3-8(10)5-11-9/h3-5,7H,6,10H2,1-2H3,(H,11,12). The Kier molecular flexibility index (Phi) is 3.52. The molecule has 0 saturated heterocycles. The Morgan fingerprint density at radius 1 is 1.62 bits per heavy atom. The first-order valence-corrected chi connectivity index (χ1v) is 4.19. The van der Waals surface area contributed by atoms with E-state index in [-0.39, 0.29) is 6.04 Å². The van der Waals surface area contributed by atoms with Crippen LogP contribution in [0.1, 0.15) is 6.92 Å². The van der Waals surface area contributed by atoms with Crippen molar-refractivity contribution >= 4 is 11.5 Å². The minimum atomic E-state index is 0.251. The summed E-state index contributed by atoms with van der Waals surface area (Å²) in [4.78, 5) is 4.11. The second-order valence-corrected chi connectivity index (χ2v) is 2.98. The molecule has 1 rings (SSSR count). The lowest BCUT2D eigenvalue weighted by Gasteiger charge is -2.12. The molecular formula is C9H15N3O. The highest BCUT2D eigenvalue weighted by Crippen LogP contribution is 2.06. The van der Waals surface area contributed by atoms with E-state index in [0.717, 1.165) is 5.82 Å². The second-order valence-electron chi connectivity index (χ2n) is 2.98. The van der Waals surface area contributed by atoms with Crippen LogP contribution in [0.3, 0.4) is 0 Å². The van der Waals surface area contributed by atoms with E-state index in [1.165, 1.54) is 0 Å². The molecule has 0 aliphatic carbocycles. The van der Waals surface area contributed by atoms with Crippen LogP contribution < -0.4 is 11.1 Å². The molecule has 0 bridgehead atoms. The Bertz CT molecular complexity index is 248. The van der Waals surface area contributed by atoms with Crippen molar-refractivity contribution in [3.63, 3.8) is 0 Å². The summed E-state index contributed by atoms with van der Waals surface area (Å²) < 4.78 is 4.98. The molecule has 1 atom stereocenters. The van der Waals surface area contributed by atoms with Crippen molar-refractivity contribution in [3.8, 4) is 0 Å². The number of rotatable bonds is 4. The van der Waals surface area contributed by atoms with Gasteiger partial charge in [-0.05, 0) is 19.1 Å². The second kappa shape index (κ2) is 4.67. The first-order chi connectivity index (χ1) is 6.22. The number of nitrogens with two attached hydrogens (primary N) is 1. The highest BCUT2D eigenvalue weighted by Gasteiger charge is 2.00. The van der Waals surface area contributed by atoms with Gasteiger partial charge in [0.25, 0.3) is 0 Å². The van der Waals surface area contributed by atoms with Gasteiger partial charge in [0.2, 0.25) is 0 Å². The van der Waals surface area contributed by atoms with Crippen molar-refractivity contribution in [2.75, 3.05) is 24.8 Å². The van der Waals surface area contributed by atoms with Gasteiger partial charge in [-0.25, -0.2) is 4.98 Å². The van der Waals surface area contributed by atoms with Crippen LogP contribution in [0.4, 0.5) is 11.5 Å². The van der Waals surface area contributed by atoms with Gasteiger partial charge < -0.3 is 15.8 Å². The number of hydrogen-bond donors (Lipinski definition) is 2. The highest BCUT2D eigenvalue weighted by molar-refractivity contribution is 5.44. The van der Waals surface area contributed by atoms with Crippen molar-refractivity contribution in [1.29, 1.82) is 0 Å². The third kappa shape index (κ3) is 3.29. The van der Waals surface area contributed by atoms with Crippen LogP contribution in [0.2, 0.25) is 0 Å². The summed E-state index contributed by atoms with van der Waals surface area (Å²) in [6.45, 7) is 2.69. The van der Waals surface area contributed by atoms with E-state index in [9.17, 15) is 0 Å². The van der Waals surface area contributed by atoms with Gasteiger partial charge in [-0.3, -0.25) is 0 Å². The molecule has 0 aliphatic heterocycles. The first-order valence-electron chi connectivity index (χ1n) is 4.19. The van der Waals surface area contributed by atoms with E-state index < -0.39 is 0 Å². The highest BCUT2D eigenvalue weighted by atomic mass is 16.5. The molecule has 3 N–H and O–H groups in total. The maximum Gasteiger partial charge on any atom is 0.126 e. The topological polar surface area (TPSA) is 60.2 Å². The smallest absolute Gasteiger partial charge is 0.126 e. The van der Waals surface area contributed by atoms with Gasteiger partial charge in [0.1, 0.15) is 5.82 Å². The average Bonchev–Trinajstić information content (AvgIpc) is 2.09. The van der Waals surface area contributed by atoms with E-state index in [1.54, 1.807) is 13.3 Å². The zero-order valence-electron chi connectivity index (χ0n) is 7.95. The fraction of sp³-hybridized carbons (Fsp3) is 0.444. The van der Waals surface area contributed by atoms with Crippen molar-refractivity contribution in [2.45, 2.75) is 13.0 Å². The first kappa shape index (κ1) is 9.80. The Balaban J connectivity index is 2.49. The van der Waals surface area contributed by atoms with E-state index in [2.05, 4.69) is 10.3 Å². The predicted octanol–water partition coefficient (Wildman–Crippen LogP) is 1.11. The van der Waals surface area contributed by atoms with Crippen molar-refractivity contribution in [2.24, 2.45) is 0 Å². The molecule has 1 aromatic rings. The molecule has 0 aromatic carbocycles. The van der Waals surface area contributed by atoms with Gasteiger partial charge in [0, 0.05) is 13.2 Å². The van der Waals surface area contributed by atoms with Crippen LogP contribution in [0.15, 0.2) is 18.3 Å². The van der Waals surface area contributed by atoms with Gasteiger partial charge in [-0.1, -0.05) is 0 Å². The van der Waals surface area contributed by atoms with Crippen LogP contribution in [0, 0.1) is 0 Å². The summed E-state index contributed by atoms with van der Waals surface area (Å²) >= 11 is 0. The monoisotopic (exact) mass is 181 g/mol. The third-order valence-electron chi connectivity index (χ3n) is 1.60. The van der Waals surface area contributed by atoms with Gasteiger partial charge in [-0.15, -0.1) is 0 Å². The Morgan fingerprint density at radius 3 is 2.92 bits per heavy atom. The van der Waals surface area contributed by atoms with Crippen molar-refractivity contribution in [3.05, 3.63) is 18.3 Å². The lowest BCUT2D eigenvalue weighted by molar-refractivity contribution is 0.190. The normalized spacial score (nSPS) is 12.5. The summed E-state index contributed by atoms with van der Waals surface area (Å²) in [7, 11) is 1.68. The molecule has 13 heavy (non-hydrogen) atoms. The molecule has 0 aliphatic rings. The molecule has 1 unspecified atom stereocenters. The largest absolute Gasteiger partial charge is 0.397 e. The fourth-order valence-electron chi connectivity index (χ4n) is 1.03. The Morgan fingerprint density at radius 2 is 2.38 bits per heavy atom. The zero-order valence-corrected chi connectivity index (χ0v) is 7.95. The quantitative estimate of drug-likeness (QED) is 0.730. The minimum absolute atomic E-state index is 0.251. The van der Waals surface area contributed by atoms with E-state index in [4.69, 9.17) is 10.5 Å². The summed E-state index contributed by atoms with van der Waals surface area (Å²) in [5.74, 6) is 0.818. The number of nitrogens with one attached hydrogen (secondary N) is 1. The van der Waals surface area contributed by atoms with Crippen LogP contribution in [0.25, 0.3) is 0 Å². The van der Waals surface area contributed by atoms with Crippen LogP contribution in [-0.4, -0.2) is 24.7 Å². The minimum Gasteiger partial charge on any atom is -0.397 e. The predicted molar refractivity (Wildman–Crippen MR) is 53.6 cm³/mol. The molecule has 4 nitrogen and oxygen atoms in total. The van der Waals surface area contributed by atoms with Crippen LogP contribution >= 0.6 is 0 Å². The van der Waals surface area contributed by atoms with Gasteiger partial charge in [0.05, 0.1) is 18.5 Å². The maximum atomic E-state index is 5.50. The van der Waals surface area contributed by atoms with Gasteiger partial charge >= 0.3 is 0 Å². The number of nitrogen functional groups attached to an aromatic ring is 1. The molecule has 0 amide bonds. The van der Waals surface area contributed by atoms with E-state index >= 15 is 0 Å². The molecule has 1 heterocycles. The molecule has 0 spiro atoms. The summed E-state index contributed by atoms with van der Waals surface area (Å²) in [6, 6.07) is 3.91. The Labute approximate surface area is 78.1 Å². The number of anilines is 2. The lowest BCUT2D eigenvalue weighted by atomic mass is 10.3. The number of hydrogen-bond acceptors (Lipinski definition) is 4. The number of nitrogens with zero attached hydrogens (tertiary/aromatic N) is 1. The molecule has 0 radical (unpaired) electrons.